The van der Waals surface area contributed by atoms with E-state index < -0.39 is 11.9 Å². The molecule has 0 saturated heterocycles. The lowest BCUT2D eigenvalue weighted by Crippen LogP contribution is -2.38. The fraction of sp³-hybridized carbons (Fsp3) is 0.333. The molecule has 11 heteroatoms. The molecule has 0 unspecified atom stereocenters. The number of nitrogens with two attached hydrogens (primary N) is 1. The molecule has 3 N–H and O–H groups in total. The first kappa shape index (κ1) is 23.6. The minimum Gasteiger partial charge on any atom is -0.490 e. The molecule has 0 spiro atoms. The number of benzene rings is 1. The number of carboxylic acids is 1. The zero-order valence-electron chi connectivity index (χ0n) is 17.2. The van der Waals surface area contributed by atoms with E-state index in [1.54, 1.807) is 12.1 Å². The number of halogens is 2. The van der Waals surface area contributed by atoms with Crippen LogP contribution in [0.1, 0.15) is 42.6 Å². The number of carboxylic acid groups (broad SMARTS) is 1. The molecule has 0 bridgehead atoms. The summed E-state index contributed by atoms with van der Waals surface area (Å²) in [5, 5.41) is 12.9. The van der Waals surface area contributed by atoms with Gasteiger partial charge in [-0.05, 0) is 51.0 Å². The third-order valence-electron chi connectivity index (χ3n) is 4.58. The highest BCUT2D eigenvalue weighted by Gasteiger charge is 2.36. The predicted molar refractivity (Wildman–Crippen MR) is 117 cm³/mol. The summed E-state index contributed by atoms with van der Waals surface area (Å²) in [6, 6.07) is 6.08. The summed E-state index contributed by atoms with van der Waals surface area (Å²) in [5.41, 5.74) is 6.29. The number of rotatable bonds is 8. The van der Waals surface area contributed by atoms with Crippen molar-refractivity contribution in [3.63, 3.8) is 0 Å². The van der Waals surface area contributed by atoms with Gasteiger partial charge < -0.3 is 25.2 Å². The summed E-state index contributed by atoms with van der Waals surface area (Å²) >= 11 is 12.3. The van der Waals surface area contributed by atoms with Gasteiger partial charge in [-0.25, -0.2) is 9.78 Å². The van der Waals surface area contributed by atoms with Crippen LogP contribution in [0.15, 0.2) is 35.6 Å². The quantitative estimate of drug-likeness (QED) is 0.251. The van der Waals surface area contributed by atoms with E-state index in [0.717, 1.165) is 0 Å². The number of carbonyl (C=O) groups excluding carboxylic acids is 1. The van der Waals surface area contributed by atoms with Crippen LogP contribution in [0.3, 0.4) is 0 Å². The lowest BCUT2D eigenvalue weighted by atomic mass is 9.82. The first-order valence-electron chi connectivity index (χ1n) is 9.70. The van der Waals surface area contributed by atoms with Crippen molar-refractivity contribution < 1.29 is 29.0 Å². The van der Waals surface area contributed by atoms with E-state index in [1.807, 2.05) is 13.8 Å². The fourth-order valence-corrected chi connectivity index (χ4v) is 3.35. The van der Waals surface area contributed by atoms with Gasteiger partial charge in [0.05, 0.1) is 22.6 Å². The van der Waals surface area contributed by atoms with Crippen molar-refractivity contribution in [3.8, 4) is 11.6 Å². The van der Waals surface area contributed by atoms with Gasteiger partial charge in [0, 0.05) is 11.8 Å². The van der Waals surface area contributed by atoms with Crippen molar-refractivity contribution in [2.45, 2.75) is 38.9 Å². The fourth-order valence-electron chi connectivity index (χ4n) is 2.87. The topological polar surface area (TPSA) is 133 Å². The highest BCUT2D eigenvalue weighted by Crippen LogP contribution is 2.33. The van der Waals surface area contributed by atoms with E-state index in [2.05, 4.69) is 10.1 Å². The van der Waals surface area contributed by atoms with E-state index in [-0.39, 0.29) is 45.5 Å². The number of hydrogen-bond acceptors (Lipinski definition) is 7. The largest absolute Gasteiger partial charge is 0.490 e. The van der Waals surface area contributed by atoms with Crippen LogP contribution >= 0.6 is 23.2 Å². The molecule has 32 heavy (non-hydrogen) atoms. The van der Waals surface area contributed by atoms with Crippen LogP contribution in [-0.2, 0) is 9.63 Å². The molecule has 1 saturated carbocycles. The highest BCUT2D eigenvalue weighted by molar-refractivity contribution is 6.34. The molecule has 1 fully saturated rings. The molecule has 9 nitrogen and oxygen atoms in total. The third-order valence-corrected chi connectivity index (χ3v) is 5.16. The molecule has 1 aromatic heterocycles. The monoisotopic (exact) mass is 481 g/mol. The lowest BCUT2D eigenvalue weighted by Gasteiger charge is -2.32. The Hall–Kier alpha value is -3.04. The molecule has 0 radical (unpaired) electrons. The average molecular weight is 482 g/mol. The van der Waals surface area contributed by atoms with Gasteiger partial charge >= 0.3 is 11.9 Å². The summed E-state index contributed by atoms with van der Waals surface area (Å²) in [6.07, 6.45) is 1.84. The Morgan fingerprint density at radius 2 is 1.94 bits per heavy atom. The summed E-state index contributed by atoms with van der Waals surface area (Å²) in [4.78, 5) is 32.0. The van der Waals surface area contributed by atoms with Crippen LogP contribution in [0.4, 0.5) is 0 Å². The molecule has 0 amide bonds. The average Bonchev–Trinajstić information content (AvgIpc) is 2.69. The summed E-state index contributed by atoms with van der Waals surface area (Å²) in [7, 11) is 0. The lowest BCUT2D eigenvalue weighted by molar-refractivity contribution is -0.147. The van der Waals surface area contributed by atoms with Crippen LogP contribution < -0.4 is 15.2 Å². The normalized spacial score (nSPS) is 18.1. The molecule has 2 aromatic rings. The second-order valence-corrected chi connectivity index (χ2v) is 8.24. The predicted octanol–water partition coefficient (Wildman–Crippen LogP) is 3.89. The molecular weight excluding hydrogens is 461 g/mol. The number of hydrogen-bond donors (Lipinski definition) is 2. The van der Waals surface area contributed by atoms with Gasteiger partial charge in [0.1, 0.15) is 16.9 Å². The van der Waals surface area contributed by atoms with Crippen molar-refractivity contribution >= 4 is 41.0 Å². The molecule has 1 aliphatic carbocycles. The smallest absolute Gasteiger partial charge is 0.367 e. The first-order chi connectivity index (χ1) is 15.1. The zero-order chi connectivity index (χ0) is 23.4. The SMILES string of the molecule is CC(C)Oc1ncc(C(=O)ON=C(N)c2ccc(OC3CC(C(=O)O)C3)cc2Cl)cc1Cl. The maximum atomic E-state index is 12.2. The van der Waals surface area contributed by atoms with Crippen molar-refractivity contribution in [2.24, 2.45) is 16.8 Å². The van der Waals surface area contributed by atoms with Crippen molar-refractivity contribution in [2.75, 3.05) is 0 Å². The number of aliphatic carboxylic acids is 1. The maximum absolute atomic E-state index is 12.2. The van der Waals surface area contributed by atoms with Crippen LogP contribution in [-0.4, -0.2) is 40.1 Å². The highest BCUT2D eigenvalue weighted by atomic mass is 35.5. The van der Waals surface area contributed by atoms with E-state index in [9.17, 15) is 9.59 Å². The molecule has 0 atom stereocenters. The van der Waals surface area contributed by atoms with Gasteiger partial charge in [-0.2, -0.15) is 0 Å². The molecule has 1 aliphatic rings. The summed E-state index contributed by atoms with van der Waals surface area (Å²) in [6.45, 7) is 3.65. The van der Waals surface area contributed by atoms with Crippen molar-refractivity contribution in [1.82, 2.24) is 4.98 Å². The first-order valence-corrected chi connectivity index (χ1v) is 10.5. The molecule has 1 aromatic carbocycles. The van der Waals surface area contributed by atoms with Crippen LogP contribution in [0.5, 0.6) is 11.6 Å². The zero-order valence-corrected chi connectivity index (χ0v) is 18.8. The number of ether oxygens (including phenoxy) is 2. The Labute approximate surface area is 194 Å². The number of oxime groups is 1. The summed E-state index contributed by atoms with van der Waals surface area (Å²) in [5.74, 6) is -1.46. The Kier molecular flexibility index (Phi) is 7.42. The number of amidine groups is 1. The van der Waals surface area contributed by atoms with E-state index >= 15 is 0 Å². The van der Waals surface area contributed by atoms with Gasteiger partial charge in [-0.15, -0.1) is 0 Å². The Balaban J connectivity index is 1.61. The van der Waals surface area contributed by atoms with E-state index in [4.69, 9.17) is 48.4 Å². The number of aromatic nitrogens is 1. The van der Waals surface area contributed by atoms with Gasteiger partial charge in [0.15, 0.2) is 5.84 Å². The molecule has 170 valence electrons. The number of pyridine rings is 1. The van der Waals surface area contributed by atoms with Crippen molar-refractivity contribution in [3.05, 3.63) is 51.6 Å². The van der Waals surface area contributed by atoms with Crippen molar-refractivity contribution in [1.29, 1.82) is 0 Å². The minimum absolute atomic E-state index is 0.0673. The Morgan fingerprint density at radius 1 is 1.22 bits per heavy atom. The Morgan fingerprint density at radius 3 is 2.53 bits per heavy atom. The molecular formula is C21H21Cl2N3O6. The van der Waals surface area contributed by atoms with Gasteiger partial charge in [0.2, 0.25) is 5.88 Å². The molecule has 3 rings (SSSR count). The van der Waals surface area contributed by atoms with Crippen LogP contribution in [0.2, 0.25) is 10.0 Å². The number of nitrogens with zero attached hydrogens (tertiary/aromatic N) is 2. The van der Waals surface area contributed by atoms with Crippen LogP contribution in [0.25, 0.3) is 0 Å². The molecule has 0 aliphatic heterocycles. The van der Waals surface area contributed by atoms with Gasteiger partial charge in [-0.3, -0.25) is 4.79 Å². The van der Waals surface area contributed by atoms with Crippen LogP contribution in [0, 0.1) is 5.92 Å². The van der Waals surface area contributed by atoms with Gasteiger partial charge in [-0.1, -0.05) is 28.4 Å². The minimum atomic E-state index is -0.824. The second kappa shape index (κ2) is 10.1. The van der Waals surface area contributed by atoms with E-state index in [1.165, 1.54) is 18.3 Å². The maximum Gasteiger partial charge on any atom is 0.367 e. The molecule has 1 heterocycles. The van der Waals surface area contributed by atoms with E-state index in [0.29, 0.717) is 24.2 Å². The second-order valence-electron chi connectivity index (χ2n) is 7.42. The number of carbonyl (C=O) groups is 2. The summed E-state index contributed by atoms with van der Waals surface area (Å²) < 4.78 is 11.1. The third kappa shape index (κ3) is 5.80. The standard InChI is InChI=1S/C21H21Cl2N3O6/c1-10(2)30-19-17(23)7-12(9-25-19)21(29)32-26-18(24)15-4-3-13(8-16(15)22)31-14-5-11(6-14)20(27)28/h3-4,7-11,14H,5-6H2,1-2H3,(H2,24,26)(H,27,28). The Bertz CT molecular complexity index is 1050. The van der Waals surface area contributed by atoms with Gasteiger partial charge in [0.25, 0.3) is 0 Å².